The molecule has 0 amide bonds. The molecule has 0 atom stereocenters. The molecule has 0 radical (unpaired) electrons. The number of fused-ring (bicyclic) bond motifs is 1. The largest absolute Gasteiger partial charge is 0.294 e. The maximum Gasteiger partial charge on any atom is 0.168 e. The Balaban J connectivity index is 1.70. The minimum absolute atomic E-state index is 0.0430. The first kappa shape index (κ1) is 17.7. The number of hydrogen-bond acceptors (Lipinski definition) is 4. The minimum atomic E-state index is -0.0430. The van der Waals surface area contributed by atoms with Gasteiger partial charge in [0, 0.05) is 11.1 Å². The highest BCUT2D eigenvalue weighted by molar-refractivity contribution is 5.99. The van der Waals surface area contributed by atoms with Gasteiger partial charge in [-0.1, -0.05) is 72.8 Å². The number of rotatable bonds is 6. The minimum Gasteiger partial charge on any atom is -0.294 e. The molecule has 3 aromatic carbocycles. The molecule has 0 fully saturated rings. The van der Waals surface area contributed by atoms with Gasteiger partial charge in [-0.15, -0.1) is 0 Å². The average molecular weight is 366 g/mol. The van der Waals surface area contributed by atoms with Gasteiger partial charge in [0.25, 0.3) is 0 Å². The van der Waals surface area contributed by atoms with Crippen molar-refractivity contribution in [3.8, 4) is 0 Å². The van der Waals surface area contributed by atoms with Crippen LogP contribution in [-0.2, 0) is 12.8 Å². The molecule has 28 heavy (non-hydrogen) atoms. The van der Waals surface area contributed by atoms with E-state index in [-0.39, 0.29) is 24.4 Å². The van der Waals surface area contributed by atoms with Crippen LogP contribution in [0.3, 0.4) is 0 Å². The molecule has 0 saturated carbocycles. The van der Waals surface area contributed by atoms with Crippen LogP contribution >= 0.6 is 0 Å². The van der Waals surface area contributed by atoms with E-state index in [2.05, 4.69) is 9.97 Å². The number of carbonyl (C=O) groups excluding carboxylic acids is 2. The molecule has 0 N–H and O–H groups in total. The molecule has 4 rings (SSSR count). The van der Waals surface area contributed by atoms with Gasteiger partial charge in [-0.2, -0.15) is 0 Å². The highest BCUT2D eigenvalue weighted by Gasteiger charge is 2.17. The number of carbonyl (C=O) groups is 2. The first-order valence-electron chi connectivity index (χ1n) is 9.12. The highest BCUT2D eigenvalue weighted by atomic mass is 16.1. The van der Waals surface area contributed by atoms with Gasteiger partial charge in [-0.25, -0.2) is 9.97 Å². The van der Waals surface area contributed by atoms with E-state index in [9.17, 15) is 9.59 Å². The molecule has 1 aromatic heterocycles. The number of Topliss-reactive ketones (excluding diaryl/α,β-unsaturated/α-hetero) is 2. The van der Waals surface area contributed by atoms with E-state index in [1.807, 2.05) is 60.7 Å². The third-order valence-corrected chi connectivity index (χ3v) is 4.57. The van der Waals surface area contributed by atoms with Crippen LogP contribution in [-0.4, -0.2) is 21.5 Å². The summed E-state index contributed by atoms with van der Waals surface area (Å²) in [6.45, 7) is 0. The molecule has 1 heterocycles. The first-order chi connectivity index (χ1) is 13.7. The lowest BCUT2D eigenvalue weighted by Gasteiger charge is -2.10. The van der Waals surface area contributed by atoms with E-state index < -0.39 is 0 Å². The molecule has 0 aliphatic rings. The third-order valence-electron chi connectivity index (χ3n) is 4.57. The Bertz CT molecular complexity index is 1050. The van der Waals surface area contributed by atoms with Gasteiger partial charge in [-0.05, 0) is 12.1 Å². The molecular formula is C24H18N2O2. The number of ketones is 2. The second-order valence-electron chi connectivity index (χ2n) is 6.54. The Morgan fingerprint density at radius 1 is 0.536 bits per heavy atom. The number of hydrogen-bond donors (Lipinski definition) is 0. The highest BCUT2D eigenvalue weighted by Crippen LogP contribution is 2.17. The molecule has 136 valence electrons. The van der Waals surface area contributed by atoms with E-state index in [4.69, 9.17) is 0 Å². The van der Waals surface area contributed by atoms with Crippen LogP contribution < -0.4 is 0 Å². The fraction of sp³-hybridized carbons (Fsp3) is 0.0833. The molecule has 0 bridgehead atoms. The molecule has 4 heteroatoms. The van der Waals surface area contributed by atoms with Crippen molar-refractivity contribution in [3.05, 3.63) is 107 Å². The molecule has 4 nitrogen and oxygen atoms in total. The van der Waals surface area contributed by atoms with Crippen LogP contribution in [0.25, 0.3) is 11.0 Å². The smallest absolute Gasteiger partial charge is 0.168 e. The predicted octanol–water partition coefficient (Wildman–Crippen LogP) is 4.48. The quantitative estimate of drug-likeness (QED) is 0.472. The van der Waals surface area contributed by atoms with E-state index in [0.717, 1.165) is 0 Å². The van der Waals surface area contributed by atoms with Crippen molar-refractivity contribution in [2.75, 3.05) is 0 Å². The fourth-order valence-corrected chi connectivity index (χ4v) is 3.11. The fourth-order valence-electron chi connectivity index (χ4n) is 3.11. The van der Waals surface area contributed by atoms with Crippen molar-refractivity contribution < 1.29 is 9.59 Å². The molecule has 0 unspecified atom stereocenters. The van der Waals surface area contributed by atoms with Gasteiger partial charge in [0.2, 0.25) is 0 Å². The topological polar surface area (TPSA) is 59.9 Å². The van der Waals surface area contributed by atoms with Gasteiger partial charge in [-0.3, -0.25) is 9.59 Å². The monoisotopic (exact) mass is 366 g/mol. The van der Waals surface area contributed by atoms with Crippen LogP contribution in [0.1, 0.15) is 32.1 Å². The van der Waals surface area contributed by atoms with Crippen molar-refractivity contribution >= 4 is 22.6 Å². The van der Waals surface area contributed by atoms with Crippen molar-refractivity contribution in [1.82, 2.24) is 9.97 Å². The van der Waals surface area contributed by atoms with Gasteiger partial charge in [0.1, 0.15) is 0 Å². The lowest BCUT2D eigenvalue weighted by atomic mass is 10.0. The van der Waals surface area contributed by atoms with Gasteiger partial charge in [0.05, 0.1) is 35.3 Å². The van der Waals surface area contributed by atoms with E-state index >= 15 is 0 Å². The normalized spacial score (nSPS) is 10.7. The van der Waals surface area contributed by atoms with Crippen LogP contribution in [0.5, 0.6) is 0 Å². The number of benzene rings is 3. The molecule has 0 aliphatic carbocycles. The zero-order valence-corrected chi connectivity index (χ0v) is 15.2. The van der Waals surface area contributed by atoms with Crippen molar-refractivity contribution in [1.29, 1.82) is 0 Å². The van der Waals surface area contributed by atoms with E-state index in [1.165, 1.54) is 0 Å². The summed E-state index contributed by atoms with van der Waals surface area (Å²) in [5, 5.41) is 0. The summed E-state index contributed by atoms with van der Waals surface area (Å²) >= 11 is 0. The summed E-state index contributed by atoms with van der Waals surface area (Å²) in [4.78, 5) is 34.7. The summed E-state index contributed by atoms with van der Waals surface area (Å²) in [5.41, 5.74) is 3.79. The summed E-state index contributed by atoms with van der Waals surface area (Å²) in [5.74, 6) is -0.0859. The maximum absolute atomic E-state index is 12.7. The van der Waals surface area contributed by atoms with Crippen LogP contribution in [0, 0.1) is 0 Å². The molecular weight excluding hydrogens is 348 g/mol. The second kappa shape index (κ2) is 7.92. The Labute approximate surface area is 162 Å². The SMILES string of the molecule is O=C(Cc1nc2ccccc2nc1CC(=O)c1ccccc1)c1ccccc1. The van der Waals surface area contributed by atoms with Crippen LogP contribution in [0.15, 0.2) is 84.9 Å². The summed E-state index contributed by atoms with van der Waals surface area (Å²) in [7, 11) is 0. The van der Waals surface area contributed by atoms with Crippen molar-refractivity contribution in [3.63, 3.8) is 0 Å². The van der Waals surface area contributed by atoms with Crippen LogP contribution in [0.4, 0.5) is 0 Å². The van der Waals surface area contributed by atoms with Crippen molar-refractivity contribution in [2.45, 2.75) is 12.8 Å². The molecule has 0 saturated heterocycles. The Morgan fingerprint density at radius 2 is 0.893 bits per heavy atom. The standard InChI is InChI=1S/C24H18N2O2/c27-23(17-9-3-1-4-10-17)15-21-22(16-24(28)18-11-5-2-6-12-18)26-20-14-8-7-13-19(20)25-21/h1-14H,15-16H2. The summed E-state index contributed by atoms with van der Waals surface area (Å²) in [6, 6.07) is 25.7. The summed E-state index contributed by atoms with van der Waals surface area (Å²) in [6.07, 6.45) is 0.221. The van der Waals surface area contributed by atoms with E-state index in [1.54, 1.807) is 24.3 Å². The van der Waals surface area contributed by atoms with Crippen molar-refractivity contribution in [2.24, 2.45) is 0 Å². The lowest BCUT2D eigenvalue weighted by Crippen LogP contribution is -2.13. The van der Waals surface area contributed by atoms with E-state index in [0.29, 0.717) is 33.5 Å². The average Bonchev–Trinajstić information content (AvgIpc) is 2.75. The Kier molecular flexibility index (Phi) is 5.02. The predicted molar refractivity (Wildman–Crippen MR) is 108 cm³/mol. The number of aromatic nitrogens is 2. The lowest BCUT2D eigenvalue weighted by molar-refractivity contribution is 0.0977. The summed E-state index contributed by atoms with van der Waals surface area (Å²) < 4.78 is 0. The Morgan fingerprint density at radius 3 is 1.29 bits per heavy atom. The zero-order valence-electron chi connectivity index (χ0n) is 15.2. The van der Waals surface area contributed by atoms with Gasteiger partial charge >= 0.3 is 0 Å². The van der Waals surface area contributed by atoms with Gasteiger partial charge in [0.15, 0.2) is 11.6 Å². The van der Waals surface area contributed by atoms with Gasteiger partial charge < -0.3 is 0 Å². The first-order valence-corrected chi connectivity index (χ1v) is 9.12. The third kappa shape index (κ3) is 3.86. The number of para-hydroxylation sites is 2. The Hall–Kier alpha value is -3.66. The van der Waals surface area contributed by atoms with Crippen LogP contribution in [0.2, 0.25) is 0 Å². The molecule has 0 spiro atoms. The molecule has 4 aromatic rings. The second-order valence-corrected chi connectivity index (χ2v) is 6.54. The molecule has 0 aliphatic heterocycles. The zero-order chi connectivity index (χ0) is 19.3. The number of nitrogens with zero attached hydrogens (tertiary/aromatic N) is 2. The maximum atomic E-state index is 12.7.